The van der Waals surface area contributed by atoms with Crippen LogP contribution in [0.2, 0.25) is 0 Å². The summed E-state index contributed by atoms with van der Waals surface area (Å²) in [6, 6.07) is 0.618. The van der Waals surface area contributed by atoms with Gasteiger partial charge in [-0.3, -0.25) is 0 Å². The molecule has 0 amide bonds. The van der Waals surface area contributed by atoms with Crippen molar-refractivity contribution in [3.63, 3.8) is 0 Å². The zero-order valence-corrected chi connectivity index (χ0v) is 10.6. The molecule has 0 aromatic carbocycles. The Kier molecular flexibility index (Phi) is 4.35. The molecule has 3 heteroatoms. The summed E-state index contributed by atoms with van der Waals surface area (Å²) >= 11 is 2.08. The number of hydrogen-bond donors (Lipinski definition) is 1. The minimum atomic E-state index is 0.193. The van der Waals surface area contributed by atoms with E-state index in [0.29, 0.717) is 6.04 Å². The van der Waals surface area contributed by atoms with E-state index in [0.717, 1.165) is 13.2 Å². The minimum absolute atomic E-state index is 0.193. The molecule has 2 fully saturated rings. The number of nitrogens with one attached hydrogen (secondary N) is 1. The zero-order chi connectivity index (χ0) is 10.6. The molecule has 2 aliphatic rings. The first-order valence-electron chi connectivity index (χ1n) is 6.32. The van der Waals surface area contributed by atoms with Gasteiger partial charge in [-0.05, 0) is 30.8 Å². The summed E-state index contributed by atoms with van der Waals surface area (Å²) in [6.07, 6.45) is 6.41. The molecule has 0 aliphatic carbocycles. The van der Waals surface area contributed by atoms with E-state index in [1.54, 1.807) is 0 Å². The van der Waals surface area contributed by atoms with E-state index >= 15 is 0 Å². The molecule has 2 saturated heterocycles. The van der Waals surface area contributed by atoms with Crippen LogP contribution >= 0.6 is 11.8 Å². The van der Waals surface area contributed by atoms with Crippen molar-refractivity contribution in [1.82, 2.24) is 5.32 Å². The number of rotatable bonds is 3. The Labute approximate surface area is 97.5 Å². The highest BCUT2D eigenvalue weighted by Crippen LogP contribution is 2.36. The normalized spacial score (nSPS) is 30.6. The van der Waals surface area contributed by atoms with Crippen LogP contribution in [0, 0.1) is 0 Å². The van der Waals surface area contributed by atoms with Crippen LogP contribution in [-0.2, 0) is 4.74 Å². The molecular formula is C12H23NOS. The average Bonchev–Trinajstić information content (AvgIpc) is 2.29. The van der Waals surface area contributed by atoms with Crippen LogP contribution in [-0.4, -0.2) is 36.3 Å². The topological polar surface area (TPSA) is 21.3 Å². The Morgan fingerprint density at radius 2 is 2.20 bits per heavy atom. The van der Waals surface area contributed by atoms with Crippen molar-refractivity contribution >= 4 is 11.8 Å². The van der Waals surface area contributed by atoms with E-state index in [4.69, 9.17) is 4.74 Å². The van der Waals surface area contributed by atoms with Crippen LogP contribution < -0.4 is 5.32 Å². The van der Waals surface area contributed by atoms with Crippen LogP contribution in [0.1, 0.15) is 39.0 Å². The molecule has 0 aromatic rings. The van der Waals surface area contributed by atoms with E-state index in [2.05, 4.69) is 24.0 Å². The van der Waals surface area contributed by atoms with Crippen molar-refractivity contribution in [2.45, 2.75) is 50.7 Å². The lowest BCUT2D eigenvalue weighted by molar-refractivity contribution is -0.104. The molecule has 15 heavy (non-hydrogen) atoms. The lowest BCUT2D eigenvalue weighted by atomic mass is 9.84. The molecule has 0 radical (unpaired) electrons. The number of morpholine rings is 1. The van der Waals surface area contributed by atoms with Crippen molar-refractivity contribution < 1.29 is 4.74 Å². The van der Waals surface area contributed by atoms with Gasteiger partial charge in [0.2, 0.25) is 0 Å². The Hall–Kier alpha value is 0.270. The van der Waals surface area contributed by atoms with Crippen LogP contribution in [0.4, 0.5) is 0 Å². The highest BCUT2D eigenvalue weighted by Gasteiger charge is 2.42. The maximum atomic E-state index is 6.14. The third-order valence-electron chi connectivity index (χ3n) is 3.70. The second-order valence-corrected chi connectivity index (χ2v) is 5.90. The standard InChI is InChI=1S/C12H23NOS/c1-2-3-4-11-12(14-8-7-13-11)5-9-15-10-6-12/h11,13H,2-10H2,1H3. The maximum Gasteiger partial charge on any atom is 0.0851 e. The van der Waals surface area contributed by atoms with Crippen molar-refractivity contribution in [2.24, 2.45) is 0 Å². The smallest absolute Gasteiger partial charge is 0.0851 e. The molecule has 0 aromatic heterocycles. The predicted molar refractivity (Wildman–Crippen MR) is 66.6 cm³/mol. The third kappa shape index (κ3) is 2.69. The first-order valence-corrected chi connectivity index (χ1v) is 7.48. The van der Waals surface area contributed by atoms with E-state index in [-0.39, 0.29) is 5.60 Å². The molecule has 2 aliphatic heterocycles. The molecule has 2 nitrogen and oxygen atoms in total. The molecule has 1 N–H and O–H groups in total. The highest BCUT2D eigenvalue weighted by atomic mass is 32.2. The number of hydrogen-bond acceptors (Lipinski definition) is 3. The first-order chi connectivity index (χ1) is 7.37. The SMILES string of the molecule is CCCCC1NCCOC12CCSCC2. The van der Waals surface area contributed by atoms with Gasteiger partial charge < -0.3 is 10.1 Å². The van der Waals surface area contributed by atoms with Gasteiger partial charge in [0, 0.05) is 12.6 Å². The molecule has 1 spiro atoms. The Balaban J connectivity index is 1.97. The van der Waals surface area contributed by atoms with Gasteiger partial charge in [-0.15, -0.1) is 0 Å². The molecule has 0 bridgehead atoms. The quantitative estimate of drug-likeness (QED) is 0.803. The zero-order valence-electron chi connectivity index (χ0n) is 9.76. The van der Waals surface area contributed by atoms with E-state index in [9.17, 15) is 0 Å². The fourth-order valence-corrected chi connectivity index (χ4v) is 3.94. The van der Waals surface area contributed by atoms with Crippen molar-refractivity contribution in [1.29, 1.82) is 0 Å². The summed E-state index contributed by atoms with van der Waals surface area (Å²) in [5.74, 6) is 2.56. The van der Waals surface area contributed by atoms with Gasteiger partial charge in [0.1, 0.15) is 0 Å². The molecule has 0 saturated carbocycles. The number of unbranched alkanes of at least 4 members (excludes halogenated alkanes) is 1. The summed E-state index contributed by atoms with van der Waals surface area (Å²) in [5, 5.41) is 3.68. The summed E-state index contributed by atoms with van der Waals surface area (Å²) in [5.41, 5.74) is 0.193. The second-order valence-electron chi connectivity index (χ2n) is 4.67. The summed E-state index contributed by atoms with van der Waals surface area (Å²) in [6.45, 7) is 4.23. The van der Waals surface area contributed by atoms with Gasteiger partial charge in [-0.1, -0.05) is 19.8 Å². The van der Waals surface area contributed by atoms with Gasteiger partial charge >= 0.3 is 0 Å². The van der Waals surface area contributed by atoms with Crippen LogP contribution in [0.15, 0.2) is 0 Å². The second kappa shape index (κ2) is 5.55. The summed E-state index contributed by atoms with van der Waals surface area (Å²) in [4.78, 5) is 0. The van der Waals surface area contributed by atoms with Gasteiger partial charge in [0.05, 0.1) is 12.2 Å². The van der Waals surface area contributed by atoms with Crippen molar-refractivity contribution in [2.75, 3.05) is 24.7 Å². The van der Waals surface area contributed by atoms with Crippen molar-refractivity contribution in [3.05, 3.63) is 0 Å². The maximum absolute atomic E-state index is 6.14. The predicted octanol–water partition coefficient (Wildman–Crippen LogP) is 2.43. The van der Waals surface area contributed by atoms with E-state index < -0.39 is 0 Å². The number of thioether (sulfide) groups is 1. The fraction of sp³-hybridized carbons (Fsp3) is 1.00. The summed E-state index contributed by atoms with van der Waals surface area (Å²) < 4.78 is 6.14. The fourth-order valence-electron chi connectivity index (χ4n) is 2.76. The number of ether oxygens (including phenoxy) is 1. The Morgan fingerprint density at radius 1 is 1.40 bits per heavy atom. The van der Waals surface area contributed by atoms with E-state index in [1.807, 2.05) is 0 Å². The lowest BCUT2D eigenvalue weighted by Gasteiger charge is -2.47. The van der Waals surface area contributed by atoms with Crippen LogP contribution in [0.5, 0.6) is 0 Å². The van der Waals surface area contributed by atoms with E-state index in [1.165, 1.54) is 43.6 Å². The van der Waals surface area contributed by atoms with Gasteiger partial charge in [-0.25, -0.2) is 0 Å². The minimum Gasteiger partial charge on any atom is -0.372 e. The third-order valence-corrected chi connectivity index (χ3v) is 4.69. The van der Waals surface area contributed by atoms with Crippen molar-refractivity contribution in [3.8, 4) is 0 Å². The molecular weight excluding hydrogens is 206 g/mol. The first kappa shape index (κ1) is 11.7. The van der Waals surface area contributed by atoms with Gasteiger partial charge in [-0.2, -0.15) is 11.8 Å². The van der Waals surface area contributed by atoms with Crippen LogP contribution in [0.25, 0.3) is 0 Å². The monoisotopic (exact) mass is 229 g/mol. The van der Waals surface area contributed by atoms with Gasteiger partial charge in [0.25, 0.3) is 0 Å². The van der Waals surface area contributed by atoms with Gasteiger partial charge in [0.15, 0.2) is 0 Å². The molecule has 88 valence electrons. The molecule has 2 rings (SSSR count). The molecule has 1 atom stereocenters. The molecule has 1 unspecified atom stereocenters. The Morgan fingerprint density at radius 3 is 2.93 bits per heavy atom. The highest BCUT2D eigenvalue weighted by molar-refractivity contribution is 7.99. The summed E-state index contributed by atoms with van der Waals surface area (Å²) in [7, 11) is 0. The largest absolute Gasteiger partial charge is 0.372 e. The lowest BCUT2D eigenvalue weighted by Crippen LogP contribution is -2.59. The molecule has 2 heterocycles. The van der Waals surface area contributed by atoms with Crippen LogP contribution in [0.3, 0.4) is 0 Å². The average molecular weight is 229 g/mol. The Bertz CT molecular complexity index is 184.